The van der Waals surface area contributed by atoms with Crippen molar-refractivity contribution in [3.8, 4) is 11.3 Å². The van der Waals surface area contributed by atoms with Gasteiger partial charge in [0.05, 0.1) is 0 Å². The van der Waals surface area contributed by atoms with Crippen molar-refractivity contribution in [2.75, 3.05) is 6.54 Å². The highest BCUT2D eigenvalue weighted by Gasteiger charge is 2.17. The summed E-state index contributed by atoms with van der Waals surface area (Å²) in [6.07, 6.45) is 4.61. The van der Waals surface area contributed by atoms with E-state index in [0.29, 0.717) is 23.9 Å². The fourth-order valence-electron chi connectivity index (χ4n) is 2.92. The van der Waals surface area contributed by atoms with Crippen molar-refractivity contribution in [1.82, 2.24) is 10.5 Å². The number of unbranched alkanes of at least 4 members (excludes halogenated alkanes) is 1. The summed E-state index contributed by atoms with van der Waals surface area (Å²) in [4.78, 5) is 12.3. The van der Waals surface area contributed by atoms with Gasteiger partial charge in [0.15, 0.2) is 11.5 Å². The molecule has 142 valence electrons. The Hall–Kier alpha value is -2.10. The number of amides is 1. The van der Waals surface area contributed by atoms with Gasteiger partial charge in [0.2, 0.25) is 0 Å². The first kappa shape index (κ1) is 20.2. The van der Waals surface area contributed by atoms with E-state index in [0.717, 1.165) is 18.4 Å². The number of nitrogens with zero attached hydrogens (tertiary/aromatic N) is 1. The first-order valence-corrected chi connectivity index (χ1v) is 9.71. The number of hydrogen-bond acceptors (Lipinski definition) is 3. The fraction of sp³-hybridized carbons (Fsp3) is 0.545. The number of benzene rings is 1. The molecule has 0 saturated carbocycles. The number of nitrogens with one attached hydrogen (secondary N) is 1. The molecule has 0 aliphatic carbocycles. The number of hydrogen-bond donors (Lipinski definition) is 1. The normalized spacial score (nSPS) is 12.8. The third-order valence-corrected chi connectivity index (χ3v) is 4.87. The molecule has 1 heterocycles. The van der Waals surface area contributed by atoms with Crippen molar-refractivity contribution < 1.29 is 9.32 Å². The van der Waals surface area contributed by atoms with Gasteiger partial charge in [0, 0.05) is 18.2 Å². The van der Waals surface area contributed by atoms with Gasteiger partial charge in [-0.3, -0.25) is 4.79 Å². The molecule has 0 bridgehead atoms. The predicted octanol–water partition coefficient (Wildman–Crippen LogP) is 5.59. The number of rotatable bonds is 8. The topological polar surface area (TPSA) is 55.1 Å². The highest BCUT2D eigenvalue weighted by molar-refractivity contribution is 5.93. The monoisotopic (exact) mass is 356 g/mol. The molecule has 26 heavy (non-hydrogen) atoms. The Morgan fingerprint density at radius 3 is 2.46 bits per heavy atom. The predicted molar refractivity (Wildman–Crippen MR) is 106 cm³/mol. The van der Waals surface area contributed by atoms with Crippen LogP contribution >= 0.6 is 0 Å². The third kappa shape index (κ3) is 5.45. The summed E-state index contributed by atoms with van der Waals surface area (Å²) in [7, 11) is 0. The number of carbonyl (C=O) groups is 1. The molecule has 0 saturated heterocycles. The SMILES string of the molecule is CCCCC(CC)CNC(=O)c1cc(-c2ccc(C(C)(C)C)cc2)on1. The summed E-state index contributed by atoms with van der Waals surface area (Å²) in [6, 6.07) is 9.93. The molecule has 0 aliphatic rings. The highest BCUT2D eigenvalue weighted by atomic mass is 16.5. The van der Waals surface area contributed by atoms with E-state index >= 15 is 0 Å². The molecule has 4 heteroatoms. The van der Waals surface area contributed by atoms with Gasteiger partial charge >= 0.3 is 0 Å². The first-order chi connectivity index (χ1) is 12.3. The maximum Gasteiger partial charge on any atom is 0.273 e. The van der Waals surface area contributed by atoms with Gasteiger partial charge in [0.25, 0.3) is 5.91 Å². The minimum atomic E-state index is -0.165. The zero-order chi connectivity index (χ0) is 19.2. The zero-order valence-corrected chi connectivity index (χ0v) is 16.8. The van der Waals surface area contributed by atoms with Crippen molar-refractivity contribution in [3.63, 3.8) is 0 Å². The van der Waals surface area contributed by atoms with Crippen LogP contribution in [-0.4, -0.2) is 17.6 Å². The molecule has 1 aromatic carbocycles. The van der Waals surface area contributed by atoms with Crippen LogP contribution in [0.15, 0.2) is 34.9 Å². The minimum Gasteiger partial charge on any atom is -0.355 e. The van der Waals surface area contributed by atoms with Crippen LogP contribution in [0.2, 0.25) is 0 Å². The molecule has 2 aromatic rings. The molecular weight excluding hydrogens is 324 g/mol. The van der Waals surface area contributed by atoms with Gasteiger partial charge in [-0.25, -0.2) is 0 Å². The van der Waals surface area contributed by atoms with Crippen molar-refractivity contribution >= 4 is 5.91 Å². The van der Waals surface area contributed by atoms with Crippen molar-refractivity contribution in [2.24, 2.45) is 5.92 Å². The lowest BCUT2D eigenvalue weighted by atomic mass is 9.86. The van der Waals surface area contributed by atoms with Crippen LogP contribution in [0.4, 0.5) is 0 Å². The van der Waals surface area contributed by atoms with Gasteiger partial charge in [-0.2, -0.15) is 0 Å². The van der Waals surface area contributed by atoms with Crippen molar-refractivity contribution in [2.45, 2.75) is 65.7 Å². The summed E-state index contributed by atoms with van der Waals surface area (Å²) in [5.74, 6) is 0.977. The Kier molecular flexibility index (Phi) is 7.01. The second kappa shape index (κ2) is 9.02. The van der Waals surface area contributed by atoms with E-state index in [1.807, 2.05) is 12.1 Å². The lowest BCUT2D eigenvalue weighted by Crippen LogP contribution is -2.29. The number of aromatic nitrogens is 1. The van der Waals surface area contributed by atoms with Crippen molar-refractivity contribution in [3.05, 3.63) is 41.6 Å². The molecule has 1 N–H and O–H groups in total. The molecule has 0 spiro atoms. The van der Waals surface area contributed by atoms with E-state index in [2.05, 4.69) is 57.2 Å². The standard InChI is InChI=1S/C22H32N2O2/c1-6-8-9-16(7-2)15-23-21(25)19-14-20(26-24-19)17-10-12-18(13-11-17)22(3,4)5/h10-14,16H,6-9,15H2,1-5H3,(H,23,25). The van der Waals surface area contributed by atoms with E-state index in [1.165, 1.54) is 18.4 Å². The largest absolute Gasteiger partial charge is 0.355 e. The molecule has 1 amide bonds. The lowest BCUT2D eigenvalue weighted by molar-refractivity contribution is 0.0937. The average molecular weight is 357 g/mol. The Morgan fingerprint density at radius 1 is 1.19 bits per heavy atom. The molecule has 4 nitrogen and oxygen atoms in total. The molecule has 0 fully saturated rings. The summed E-state index contributed by atoms with van der Waals surface area (Å²) < 4.78 is 5.38. The van der Waals surface area contributed by atoms with Crippen molar-refractivity contribution in [1.29, 1.82) is 0 Å². The Balaban J connectivity index is 1.99. The Bertz CT molecular complexity index is 696. The smallest absolute Gasteiger partial charge is 0.273 e. The van der Waals surface area contributed by atoms with Gasteiger partial charge in [-0.15, -0.1) is 0 Å². The molecule has 1 aromatic heterocycles. The van der Waals surface area contributed by atoms with Crippen LogP contribution in [0, 0.1) is 5.92 Å². The van der Waals surface area contributed by atoms with Crippen LogP contribution in [0.3, 0.4) is 0 Å². The van der Waals surface area contributed by atoms with Crippen LogP contribution < -0.4 is 5.32 Å². The molecule has 1 atom stereocenters. The van der Waals surface area contributed by atoms with Crippen LogP contribution in [0.5, 0.6) is 0 Å². The summed E-state index contributed by atoms with van der Waals surface area (Å²) in [5.41, 5.74) is 2.64. The van der Waals surface area contributed by atoms with E-state index in [1.54, 1.807) is 6.07 Å². The van der Waals surface area contributed by atoms with Crippen LogP contribution in [0.1, 0.15) is 76.4 Å². The quantitative estimate of drug-likeness (QED) is 0.671. The summed E-state index contributed by atoms with van der Waals surface area (Å²) in [5, 5.41) is 6.93. The van der Waals surface area contributed by atoms with Gasteiger partial charge in [-0.05, 0) is 23.3 Å². The zero-order valence-electron chi connectivity index (χ0n) is 16.8. The highest BCUT2D eigenvalue weighted by Crippen LogP contribution is 2.26. The lowest BCUT2D eigenvalue weighted by Gasteiger charge is -2.18. The molecular formula is C22H32N2O2. The first-order valence-electron chi connectivity index (χ1n) is 9.71. The van der Waals surface area contributed by atoms with Gasteiger partial charge in [0.1, 0.15) is 0 Å². The molecule has 2 rings (SSSR count). The van der Waals surface area contributed by atoms with Crippen LogP contribution in [0.25, 0.3) is 11.3 Å². The summed E-state index contributed by atoms with van der Waals surface area (Å²) in [6.45, 7) is 11.6. The van der Waals surface area contributed by atoms with E-state index in [-0.39, 0.29) is 11.3 Å². The Labute approximate surface area is 157 Å². The minimum absolute atomic E-state index is 0.110. The Morgan fingerprint density at radius 2 is 1.88 bits per heavy atom. The second-order valence-electron chi connectivity index (χ2n) is 8.03. The van der Waals surface area contributed by atoms with Gasteiger partial charge < -0.3 is 9.84 Å². The fourth-order valence-corrected chi connectivity index (χ4v) is 2.92. The average Bonchev–Trinajstić information content (AvgIpc) is 3.11. The summed E-state index contributed by atoms with van der Waals surface area (Å²) >= 11 is 0. The molecule has 1 unspecified atom stereocenters. The van der Waals surface area contributed by atoms with Crippen LogP contribution in [-0.2, 0) is 5.41 Å². The van der Waals surface area contributed by atoms with Gasteiger partial charge in [-0.1, -0.05) is 83.3 Å². The van der Waals surface area contributed by atoms with E-state index in [4.69, 9.17) is 4.52 Å². The number of carbonyl (C=O) groups excluding carboxylic acids is 1. The maximum absolute atomic E-state index is 12.3. The van der Waals surface area contributed by atoms with E-state index in [9.17, 15) is 4.79 Å². The molecule has 0 radical (unpaired) electrons. The van der Waals surface area contributed by atoms with E-state index < -0.39 is 0 Å². The molecule has 0 aliphatic heterocycles. The third-order valence-electron chi connectivity index (χ3n) is 4.87. The maximum atomic E-state index is 12.3. The second-order valence-corrected chi connectivity index (χ2v) is 8.03.